The van der Waals surface area contributed by atoms with Gasteiger partial charge in [-0.05, 0) is 26.7 Å². The van der Waals surface area contributed by atoms with Crippen molar-refractivity contribution in [1.29, 1.82) is 0 Å². The van der Waals surface area contributed by atoms with Crippen LogP contribution in [0.2, 0.25) is 0 Å². The Morgan fingerprint density at radius 3 is 0.744 bits per heavy atom. The van der Waals surface area contributed by atoms with Gasteiger partial charge < -0.3 is 4.48 Å². The van der Waals surface area contributed by atoms with Gasteiger partial charge in [0.1, 0.15) is 0 Å². The number of rotatable bonds is 30. The summed E-state index contributed by atoms with van der Waals surface area (Å²) in [6, 6.07) is 0. The molecule has 0 aliphatic rings. The van der Waals surface area contributed by atoms with Gasteiger partial charge in [0.2, 0.25) is 0 Å². The molecule has 0 aliphatic heterocycles. The molecular formula is C38H80N+. The van der Waals surface area contributed by atoms with Crippen molar-refractivity contribution in [3.8, 4) is 0 Å². The summed E-state index contributed by atoms with van der Waals surface area (Å²) >= 11 is 0. The van der Waals surface area contributed by atoms with Crippen LogP contribution in [0.5, 0.6) is 0 Å². The fraction of sp³-hybridized carbons (Fsp3) is 1.00. The number of nitrogens with zero attached hydrogens (tertiary/aromatic N) is 1. The second-order valence-electron chi connectivity index (χ2n) is 15.1. The number of hydrogen-bond acceptors (Lipinski definition) is 0. The molecule has 0 amide bonds. The summed E-state index contributed by atoms with van der Waals surface area (Å²) in [5.41, 5.74) is 0.738. The van der Waals surface area contributed by atoms with E-state index in [1.165, 1.54) is 180 Å². The zero-order chi connectivity index (χ0) is 29.3. The van der Waals surface area contributed by atoms with Gasteiger partial charge in [0.05, 0.1) is 26.7 Å². The molecule has 236 valence electrons. The predicted molar refractivity (Wildman–Crippen MR) is 181 cm³/mol. The molecule has 0 bridgehead atoms. The van der Waals surface area contributed by atoms with E-state index >= 15 is 0 Å². The Balaban J connectivity index is 4.10. The van der Waals surface area contributed by atoms with Crippen molar-refractivity contribution in [2.45, 2.75) is 220 Å². The van der Waals surface area contributed by atoms with E-state index in [1.807, 2.05) is 0 Å². The van der Waals surface area contributed by atoms with E-state index in [2.05, 4.69) is 55.8 Å². The molecule has 0 aromatic heterocycles. The van der Waals surface area contributed by atoms with Crippen molar-refractivity contribution in [3.05, 3.63) is 0 Å². The molecule has 0 N–H and O–H groups in total. The van der Waals surface area contributed by atoms with E-state index in [0.29, 0.717) is 11.0 Å². The zero-order valence-electron chi connectivity index (χ0n) is 29.2. The third-order valence-electron chi connectivity index (χ3n) is 10.8. The van der Waals surface area contributed by atoms with Crippen molar-refractivity contribution in [2.75, 3.05) is 21.1 Å². The standard InChI is InChI=1S/C38H80N/c1-9-11-13-15-17-19-21-23-24-26-28-30-32-34-36-38(5,37(3,4)39(6,7)8)35-33-31-29-27-25-22-20-18-16-14-12-10-2/h9-36H2,1-8H3/q+1. The second kappa shape index (κ2) is 24.5. The van der Waals surface area contributed by atoms with E-state index in [1.54, 1.807) is 0 Å². The summed E-state index contributed by atoms with van der Waals surface area (Å²) in [6.45, 7) is 12.4. The van der Waals surface area contributed by atoms with Crippen LogP contribution >= 0.6 is 0 Å². The summed E-state index contributed by atoms with van der Waals surface area (Å²) in [6.07, 6.45) is 40.6. The molecule has 0 rings (SSSR count). The van der Waals surface area contributed by atoms with Gasteiger partial charge in [-0.25, -0.2) is 0 Å². The SMILES string of the molecule is CCCCCCCCCCCCCCCCC(C)(CCCCCCCCCCCCCC)C(C)(C)[N+](C)(C)C. The quantitative estimate of drug-likeness (QED) is 0.0616. The van der Waals surface area contributed by atoms with E-state index in [-0.39, 0.29) is 0 Å². The molecule has 0 saturated heterocycles. The van der Waals surface area contributed by atoms with Gasteiger partial charge in [0.15, 0.2) is 0 Å². The third-order valence-corrected chi connectivity index (χ3v) is 10.8. The average molecular weight is 551 g/mol. The van der Waals surface area contributed by atoms with Gasteiger partial charge in [-0.2, -0.15) is 0 Å². The molecule has 0 aromatic carbocycles. The van der Waals surface area contributed by atoms with E-state index in [0.717, 1.165) is 4.48 Å². The Kier molecular flexibility index (Phi) is 24.5. The second-order valence-corrected chi connectivity index (χ2v) is 15.1. The largest absolute Gasteiger partial charge is 0.326 e. The van der Waals surface area contributed by atoms with Crippen LogP contribution in [0.25, 0.3) is 0 Å². The Morgan fingerprint density at radius 2 is 0.538 bits per heavy atom. The topological polar surface area (TPSA) is 0 Å². The maximum absolute atomic E-state index is 2.64. The first-order valence-electron chi connectivity index (χ1n) is 18.4. The first-order chi connectivity index (χ1) is 18.6. The van der Waals surface area contributed by atoms with Crippen LogP contribution in [0, 0.1) is 5.41 Å². The van der Waals surface area contributed by atoms with Crippen LogP contribution in [0.15, 0.2) is 0 Å². The highest BCUT2D eigenvalue weighted by molar-refractivity contribution is 4.91. The summed E-state index contributed by atoms with van der Waals surface area (Å²) in [7, 11) is 7.27. The molecule has 1 nitrogen and oxygen atoms in total. The number of hydrogen-bond donors (Lipinski definition) is 0. The minimum Gasteiger partial charge on any atom is -0.326 e. The molecule has 1 atom stereocenters. The molecule has 0 radical (unpaired) electrons. The molecule has 1 heteroatoms. The molecule has 0 fully saturated rings. The molecule has 39 heavy (non-hydrogen) atoms. The lowest BCUT2D eigenvalue weighted by Gasteiger charge is -2.53. The predicted octanol–water partition coefficient (Wildman–Crippen LogP) is 13.4. The molecule has 0 aromatic rings. The lowest BCUT2D eigenvalue weighted by atomic mass is 9.65. The van der Waals surface area contributed by atoms with Crippen LogP contribution in [0.4, 0.5) is 0 Å². The Labute approximate surface area is 250 Å². The van der Waals surface area contributed by atoms with Crippen molar-refractivity contribution >= 4 is 0 Å². The summed E-state index contributed by atoms with van der Waals surface area (Å²) in [4.78, 5) is 0. The summed E-state index contributed by atoms with van der Waals surface area (Å²) in [5.74, 6) is 0. The smallest absolute Gasteiger partial charge is 0.0983 e. The van der Waals surface area contributed by atoms with Crippen LogP contribution in [0.1, 0.15) is 214 Å². The van der Waals surface area contributed by atoms with Crippen molar-refractivity contribution in [3.63, 3.8) is 0 Å². The third kappa shape index (κ3) is 19.7. The van der Waals surface area contributed by atoms with Gasteiger partial charge in [0.25, 0.3) is 0 Å². The maximum atomic E-state index is 2.64. The van der Waals surface area contributed by atoms with Crippen LogP contribution in [0.3, 0.4) is 0 Å². The fourth-order valence-electron chi connectivity index (χ4n) is 6.61. The Morgan fingerprint density at radius 1 is 0.333 bits per heavy atom. The van der Waals surface area contributed by atoms with E-state index in [9.17, 15) is 0 Å². The van der Waals surface area contributed by atoms with Gasteiger partial charge in [0, 0.05) is 5.41 Å². The molecule has 0 saturated carbocycles. The first kappa shape index (κ1) is 39.0. The highest BCUT2D eigenvalue weighted by Gasteiger charge is 2.49. The van der Waals surface area contributed by atoms with Crippen LogP contribution < -0.4 is 0 Å². The van der Waals surface area contributed by atoms with Gasteiger partial charge in [-0.3, -0.25) is 0 Å². The average Bonchev–Trinajstić information content (AvgIpc) is 2.88. The minimum absolute atomic E-state index is 0.307. The Hall–Kier alpha value is -0.0400. The van der Waals surface area contributed by atoms with Gasteiger partial charge >= 0.3 is 0 Å². The lowest BCUT2D eigenvalue weighted by molar-refractivity contribution is -0.928. The maximum Gasteiger partial charge on any atom is 0.0983 e. The highest BCUT2D eigenvalue weighted by atomic mass is 15.3. The summed E-state index contributed by atoms with van der Waals surface area (Å²) in [5, 5.41) is 0. The Bertz CT molecular complexity index is 501. The van der Waals surface area contributed by atoms with Crippen LogP contribution in [-0.4, -0.2) is 31.2 Å². The zero-order valence-corrected chi connectivity index (χ0v) is 29.2. The molecule has 1 unspecified atom stereocenters. The number of unbranched alkanes of at least 4 members (excludes halogenated alkanes) is 24. The molecule has 0 spiro atoms. The first-order valence-corrected chi connectivity index (χ1v) is 18.4. The van der Waals surface area contributed by atoms with Crippen molar-refractivity contribution in [2.24, 2.45) is 5.41 Å². The minimum atomic E-state index is 0.307. The van der Waals surface area contributed by atoms with E-state index < -0.39 is 0 Å². The van der Waals surface area contributed by atoms with Crippen molar-refractivity contribution < 1.29 is 4.48 Å². The van der Waals surface area contributed by atoms with Crippen LogP contribution in [-0.2, 0) is 0 Å². The van der Waals surface area contributed by atoms with Gasteiger partial charge in [-0.1, -0.05) is 188 Å². The lowest BCUT2D eigenvalue weighted by Crippen LogP contribution is -2.61. The molecule has 0 aliphatic carbocycles. The summed E-state index contributed by atoms with van der Waals surface area (Å²) < 4.78 is 1.07. The van der Waals surface area contributed by atoms with E-state index in [4.69, 9.17) is 0 Å². The fourth-order valence-corrected chi connectivity index (χ4v) is 6.61. The number of quaternary nitrogens is 1. The molecule has 0 heterocycles. The molecular weight excluding hydrogens is 470 g/mol. The van der Waals surface area contributed by atoms with Crippen molar-refractivity contribution in [1.82, 2.24) is 0 Å². The normalized spacial score (nSPS) is 14.2. The van der Waals surface area contributed by atoms with Gasteiger partial charge in [-0.15, -0.1) is 0 Å². The highest BCUT2D eigenvalue weighted by Crippen LogP contribution is 2.46. The monoisotopic (exact) mass is 551 g/mol.